The second kappa shape index (κ2) is 5.16. The van der Waals surface area contributed by atoms with Crippen LogP contribution < -0.4 is 11.1 Å². The van der Waals surface area contributed by atoms with E-state index in [0.717, 1.165) is 19.4 Å². The molecule has 0 saturated carbocycles. The third-order valence-electron chi connectivity index (χ3n) is 2.09. The van der Waals surface area contributed by atoms with Crippen LogP contribution in [0.15, 0.2) is 0 Å². The molecule has 0 radical (unpaired) electrons. The Bertz CT molecular complexity index is 169. The van der Waals surface area contributed by atoms with E-state index in [2.05, 4.69) is 5.32 Å². The summed E-state index contributed by atoms with van der Waals surface area (Å²) in [4.78, 5) is 10.5. The first-order chi connectivity index (χ1) is 6.20. The third-order valence-corrected chi connectivity index (χ3v) is 2.09. The summed E-state index contributed by atoms with van der Waals surface area (Å²) < 4.78 is 5.21. The minimum atomic E-state index is -1.10. The van der Waals surface area contributed by atoms with Gasteiger partial charge in [-0.3, -0.25) is 4.79 Å². The maximum Gasteiger partial charge on any atom is 0.247 e. The molecule has 0 aromatic heterocycles. The van der Waals surface area contributed by atoms with Crippen LogP contribution in [0, 0.1) is 0 Å². The van der Waals surface area contributed by atoms with Gasteiger partial charge in [-0.1, -0.05) is 0 Å². The number of primary amides is 1. The minimum Gasteiger partial charge on any atom is -0.382 e. The highest BCUT2D eigenvalue weighted by atomic mass is 16.5. The van der Waals surface area contributed by atoms with E-state index in [-0.39, 0.29) is 12.6 Å². The Kier molecular flexibility index (Phi) is 4.14. The standard InChI is InChI=1S/C8H16N2O3/c9-8(12)7(11)4-10-6-2-1-3-13-5-6/h6-7,10-11H,1-5H2,(H2,9,12). The number of nitrogens with one attached hydrogen (secondary N) is 1. The van der Waals surface area contributed by atoms with Gasteiger partial charge in [-0.25, -0.2) is 0 Å². The summed E-state index contributed by atoms with van der Waals surface area (Å²) in [5.41, 5.74) is 4.89. The van der Waals surface area contributed by atoms with Crippen LogP contribution in [-0.4, -0.2) is 42.9 Å². The van der Waals surface area contributed by atoms with Crippen molar-refractivity contribution < 1.29 is 14.6 Å². The Hall–Kier alpha value is -0.650. The Morgan fingerprint density at radius 1 is 1.77 bits per heavy atom. The van der Waals surface area contributed by atoms with Gasteiger partial charge >= 0.3 is 0 Å². The molecule has 13 heavy (non-hydrogen) atoms. The molecule has 5 heteroatoms. The number of amides is 1. The quantitative estimate of drug-likeness (QED) is 0.506. The second-order valence-electron chi connectivity index (χ2n) is 3.24. The van der Waals surface area contributed by atoms with Gasteiger partial charge in [-0.2, -0.15) is 0 Å². The van der Waals surface area contributed by atoms with Gasteiger partial charge in [0.2, 0.25) is 5.91 Å². The van der Waals surface area contributed by atoms with E-state index in [1.807, 2.05) is 0 Å². The van der Waals surface area contributed by atoms with E-state index >= 15 is 0 Å². The Labute approximate surface area is 77.2 Å². The first-order valence-electron chi connectivity index (χ1n) is 4.48. The van der Waals surface area contributed by atoms with Gasteiger partial charge in [0.05, 0.1) is 6.61 Å². The van der Waals surface area contributed by atoms with E-state index in [9.17, 15) is 4.79 Å². The lowest BCUT2D eigenvalue weighted by Gasteiger charge is -2.23. The zero-order chi connectivity index (χ0) is 9.68. The molecule has 0 spiro atoms. The molecule has 76 valence electrons. The molecule has 1 heterocycles. The average Bonchev–Trinajstić information content (AvgIpc) is 2.15. The predicted molar refractivity (Wildman–Crippen MR) is 47.0 cm³/mol. The lowest BCUT2D eigenvalue weighted by molar-refractivity contribution is -0.125. The molecule has 0 aliphatic carbocycles. The molecule has 1 amide bonds. The Morgan fingerprint density at radius 2 is 2.54 bits per heavy atom. The van der Waals surface area contributed by atoms with Crippen molar-refractivity contribution in [3.05, 3.63) is 0 Å². The topological polar surface area (TPSA) is 84.6 Å². The number of aliphatic hydroxyl groups is 1. The lowest BCUT2D eigenvalue weighted by Crippen LogP contribution is -2.44. The van der Waals surface area contributed by atoms with Crippen molar-refractivity contribution >= 4 is 5.91 Å². The molecule has 1 aliphatic heterocycles. The van der Waals surface area contributed by atoms with E-state index in [1.54, 1.807) is 0 Å². The number of nitrogens with two attached hydrogens (primary N) is 1. The van der Waals surface area contributed by atoms with Crippen molar-refractivity contribution in [1.82, 2.24) is 5.32 Å². The molecule has 0 aromatic carbocycles. The van der Waals surface area contributed by atoms with Crippen molar-refractivity contribution in [2.45, 2.75) is 25.0 Å². The average molecular weight is 188 g/mol. The number of hydrogen-bond donors (Lipinski definition) is 3. The van der Waals surface area contributed by atoms with Crippen LogP contribution in [0.1, 0.15) is 12.8 Å². The lowest BCUT2D eigenvalue weighted by atomic mass is 10.1. The number of hydrogen-bond acceptors (Lipinski definition) is 4. The third kappa shape index (κ3) is 3.71. The molecular weight excluding hydrogens is 172 g/mol. The number of ether oxygens (including phenoxy) is 1. The Balaban J connectivity index is 2.13. The smallest absolute Gasteiger partial charge is 0.247 e. The number of rotatable bonds is 4. The summed E-state index contributed by atoms with van der Waals surface area (Å²) in [5.74, 6) is -0.691. The zero-order valence-electron chi connectivity index (χ0n) is 7.53. The number of carbonyl (C=O) groups excluding carboxylic acids is 1. The summed E-state index contributed by atoms with van der Waals surface area (Å²) in [5, 5.41) is 12.1. The predicted octanol–water partition coefficient (Wildman–Crippen LogP) is -1.40. The van der Waals surface area contributed by atoms with E-state index in [0.29, 0.717) is 6.61 Å². The van der Waals surface area contributed by atoms with Crippen LogP contribution in [-0.2, 0) is 9.53 Å². The first kappa shape index (κ1) is 10.4. The second-order valence-corrected chi connectivity index (χ2v) is 3.24. The molecule has 0 aromatic rings. The fourth-order valence-corrected chi connectivity index (χ4v) is 1.28. The van der Waals surface area contributed by atoms with Crippen LogP contribution >= 0.6 is 0 Å². The molecule has 1 saturated heterocycles. The van der Waals surface area contributed by atoms with Gasteiger partial charge in [-0.15, -0.1) is 0 Å². The maximum absolute atomic E-state index is 10.5. The van der Waals surface area contributed by atoms with Crippen molar-refractivity contribution in [3.63, 3.8) is 0 Å². The summed E-state index contributed by atoms with van der Waals surface area (Å²) in [7, 11) is 0. The van der Waals surface area contributed by atoms with Gasteiger partial charge in [0.25, 0.3) is 0 Å². The van der Waals surface area contributed by atoms with Crippen molar-refractivity contribution in [3.8, 4) is 0 Å². The monoisotopic (exact) mass is 188 g/mol. The van der Waals surface area contributed by atoms with E-state index in [4.69, 9.17) is 15.6 Å². The van der Waals surface area contributed by atoms with Crippen LogP contribution in [0.25, 0.3) is 0 Å². The first-order valence-corrected chi connectivity index (χ1v) is 4.48. The molecular formula is C8H16N2O3. The van der Waals surface area contributed by atoms with Crippen molar-refractivity contribution in [2.24, 2.45) is 5.73 Å². The molecule has 0 bridgehead atoms. The van der Waals surface area contributed by atoms with E-state index in [1.165, 1.54) is 0 Å². The molecule has 2 atom stereocenters. The summed E-state index contributed by atoms with van der Waals surface area (Å²) in [6.07, 6.45) is 0.942. The molecule has 1 aliphatic rings. The Morgan fingerprint density at radius 3 is 3.08 bits per heavy atom. The zero-order valence-corrected chi connectivity index (χ0v) is 7.53. The number of aliphatic hydroxyl groups excluding tert-OH is 1. The molecule has 1 fully saturated rings. The van der Waals surface area contributed by atoms with Gasteiger partial charge in [0, 0.05) is 19.2 Å². The number of carbonyl (C=O) groups is 1. The largest absolute Gasteiger partial charge is 0.382 e. The fraction of sp³-hybridized carbons (Fsp3) is 0.875. The van der Waals surface area contributed by atoms with Gasteiger partial charge in [0.15, 0.2) is 0 Å². The van der Waals surface area contributed by atoms with Crippen molar-refractivity contribution in [2.75, 3.05) is 19.8 Å². The van der Waals surface area contributed by atoms with Gasteiger partial charge in [-0.05, 0) is 12.8 Å². The maximum atomic E-state index is 10.5. The molecule has 4 N–H and O–H groups in total. The van der Waals surface area contributed by atoms with Gasteiger partial charge < -0.3 is 20.9 Å². The van der Waals surface area contributed by atoms with E-state index < -0.39 is 12.0 Å². The minimum absolute atomic E-state index is 0.212. The SMILES string of the molecule is NC(=O)C(O)CNC1CCCOC1. The summed E-state index contributed by atoms with van der Waals surface area (Å²) in [6.45, 7) is 1.66. The highest BCUT2D eigenvalue weighted by Gasteiger charge is 2.16. The molecule has 1 rings (SSSR count). The summed E-state index contributed by atoms with van der Waals surface area (Å²) in [6, 6.07) is 0.239. The van der Waals surface area contributed by atoms with Crippen LogP contribution in [0.3, 0.4) is 0 Å². The van der Waals surface area contributed by atoms with Crippen LogP contribution in [0.5, 0.6) is 0 Å². The molecule has 2 unspecified atom stereocenters. The van der Waals surface area contributed by atoms with Crippen LogP contribution in [0.4, 0.5) is 0 Å². The van der Waals surface area contributed by atoms with Gasteiger partial charge in [0.1, 0.15) is 6.10 Å². The van der Waals surface area contributed by atoms with Crippen molar-refractivity contribution in [1.29, 1.82) is 0 Å². The normalized spacial score (nSPS) is 25.5. The highest BCUT2D eigenvalue weighted by molar-refractivity contribution is 5.78. The highest BCUT2D eigenvalue weighted by Crippen LogP contribution is 2.05. The molecule has 5 nitrogen and oxygen atoms in total. The fourth-order valence-electron chi connectivity index (χ4n) is 1.28. The summed E-state index contributed by atoms with van der Waals surface area (Å²) >= 11 is 0. The van der Waals surface area contributed by atoms with Crippen LogP contribution in [0.2, 0.25) is 0 Å².